The van der Waals surface area contributed by atoms with Crippen molar-refractivity contribution in [2.75, 3.05) is 18.0 Å². The maximum atomic E-state index is 12.3. The Morgan fingerprint density at radius 1 is 1.33 bits per heavy atom. The lowest BCUT2D eigenvalue weighted by Gasteiger charge is -2.18. The fourth-order valence-corrected chi connectivity index (χ4v) is 3.05. The van der Waals surface area contributed by atoms with Gasteiger partial charge in [0.25, 0.3) is 0 Å². The van der Waals surface area contributed by atoms with E-state index in [0.29, 0.717) is 23.8 Å². The van der Waals surface area contributed by atoms with E-state index in [1.807, 2.05) is 29.1 Å². The summed E-state index contributed by atoms with van der Waals surface area (Å²) in [5.41, 5.74) is 0.665. The standard InChI is InChI=1S/C17H19ClN4O2/c18-14-5-1-2-6-15(14)22-12-13(11-16(22)23)17(24)19-7-3-9-21-10-4-8-20-21/h1-2,4-6,8,10,13H,3,7,9,11-12H2,(H,19,24)/t13-/m1/s1. The third-order valence-corrected chi connectivity index (χ3v) is 4.38. The summed E-state index contributed by atoms with van der Waals surface area (Å²) in [6.07, 6.45) is 4.63. The number of amides is 2. The van der Waals surface area contributed by atoms with Crippen molar-refractivity contribution >= 4 is 29.1 Å². The number of carbonyl (C=O) groups is 2. The van der Waals surface area contributed by atoms with E-state index in [1.54, 1.807) is 23.2 Å². The number of nitrogens with one attached hydrogen (secondary N) is 1. The lowest BCUT2D eigenvalue weighted by molar-refractivity contribution is -0.126. The lowest BCUT2D eigenvalue weighted by atomic mass is 10.1. The number of aromatic nitrogens is 2. The normalized spacial score (nSPS) is 17.3. The van der Waals surface area contributed by atoms with E-state index >= 15 is 0 Å². The number of halogens is 1. The molecule has 0 spiro atoms. The van der Waals surface area contributed by atoms with Gasteiger partial charge in [-0.3, -0.25) is 14.3 Å². The quantitative estimate of drug-likeness (QED) is 0.814. The van der Waals surface area contributed by atoms with Gasteiger partial charge in [0, 0.05) is 38.4 Å². The number of nitrogens with zero attached hydrogens (tertiary/aromatic N) is 3. The van der Waals surface area contributed by atoms with Gasteiger partial charge in [-0.1, -0.05) is 23.7 Å². The molecule has 1 N–H and O–H groups in total. The second kappa shape index (κ2) is 7.49. The monoisotopic (exact) mass is 346 g/mol. The van der Waals surface area contributed by atoms with Crippen LogP contribution in [-0.2, 0) is 16.1 Å². The molecule has 126 valence electrons. The van der Waals surface area contributed by atoms with Gasteiger partial charge in [0.2, 0.25) is 11.8 Å². The molecule has 0 bridgehead atoms. The Morgan fingerprint density at radius 3 is 2.92 bits per heavy atom. The first-order chi connectivity index (χ1) is 11.6. The number of rotatable bonds is 6. The second-order valence-electron chi connectivity index (χ2n) is 5.77. The summed E-state index contributed by atoms with van der Waals surface area (Å²) in [4.78, 5) is 26.1. The molecule has 1 fully saturated rings. The van der Waals surface area contributed by atoms with Crippen LogP contribution in [0.1, 0.15) is 12.8 Å². The molecule has 0 aliphatic carbocycles. The molecular weight excluding hydrogens is 328 g/mol. The van der Waals surface area contributed by atoms with Crippen molar-refractivity contribution in [2.24, 2.45) is 5.92 Å². The van der Waals surface area contributed by atoms with Crippen LogP contribution in [0.25, 0.3) is 0 Å². The average Bonchev–Trinajstić information content (AvgIpc) is 3.22. The van der Waals surface area contributed by atoms with Crippen molar-refractivity contribution in [3.05, 3.63) is 47.7 Å². The largest absolute Gasteiger partial charge is 0.356 e. The summed E-state index contributed by atoms with van der Waals surface area (Å²) in [7, 11) is 0. The van der Waals surface area contributed by atoms with Crippen LogP contribution in [0, 0.1) is 5.92 Å². The van der Waals surface area contributed by atoms with Gasteiger partial charge < -0.3 is 10.2 Å². The topological polar surface area (TPSA) is 67.2 Å². The summed E-state index contributed by atoms with van der Waals surface area (Å²) in [5, 5.41) is 7.53. The molecule has 0 unspecified atom stereocenters. The Bertz CT molecular complexity index is 717. The van der Waals surface area contributed by atoms with E-state index in [0.717, 1.165) is 13.0 Å². The van der Waals surface area contributed by atoms with Crippen molar-refractivity contribution in [1.29, 1.82) is 0 Å². The number of para-hydroxylation sites is 1. The Balaban J connectivity index is 1.50. The van der Waals surface area contributed by atoms with Gasteiger partial charge in [-0.25, -0.2) is 0 Å². The molecular formula is C17H19ClN4O2. The van der Waals surface area contributed by atoms with Gasteiger partial charge >= 0.3 is 0 Å². The highest BCUT2D eigenvalue weighted by Crippen LogP contribution is 2.30. The number of anilines is 1. The number of hydrogen-bond acceptors (Lipinski definition) is 3. The third kappa shape index (κ3) is 3.76. The number of carbonyl (C=O) groups excluding carboxylic acids is 2. The minimum absolute atomic E-state index is 0.0696. The molecule has 3 rings (SSSR count). The molecule has 6 nitrogen and oxygen atoms in total. The summed E-state index contributed by atoms with van der Waals surface area (Å²) in [5.74, 6) is -0.489. The van der Waals surface area contributed by atoms with Crippen LogP contribution in [0.3, 0.4) is 0 Å². The molecule has 2 heterocycles. The van der Waals surface area contributed by atoms with Gasteiger partial charge in [0.1, 0.15) is 0 Å². The molecule has 1 aliphatic heterocycles. The van der Waals surface area contributed by atoms with Crippen LogP contribution >= 0.6 is 11.6 Å². The number of benzene rings is 1. The van der Waals surface area contributed by atoms with Gasteiger partial charge in [-0.05, 0) is 24.6 Å². The molecule has 1 aliphatic rings. The summed E-state index contributed by atoms with van der Waals surface area (Å²) in [6, 6.07) is 9.05. The zero-order valence-electron chi connectivity index (χ0n) is 13.2. The third-order valence-electron chi connectivity index (χ3n) is 4.06. The molecule has 1 atom stereocenters. The zero-order chi connectivity index (χ0) is 16.9. The fraction of sp³-hybridized carbons (Fsp3) is 0.353. The molecule has 24 heavy (non-hydrogen) atoms. The maximum Gasteiger partial charge on any atom is 0.227 e. The summed E-state index contributed by atoms with van der Waals surface area (Å²) < 4.78 is 1.82. The first-order valence-electron chi connectivity index (χ1n) is 7.95. The molecule has 7 heteroatoms. The van der Waals surface area contributed by atoms with E-state index in [4.69, 9.17) is 11.6 Å². The van der Waals surface area contributed by atoms with Crippen molar-refractivity contribution in [1.82, 2.24) is 15.1 Å². The van der Waals surface area contributed by atoms with E-state index in [2.05, 4.69) is 10.4 Å². The van der Waals surface area contributed by atoms with E-state index in [-0.39, 0.29) is 24.2 Å². The Morgan fingerprint density at radius 2 is 2.17 bits per heavy atom. The highest BCUT2D eigenvalue weighted by molar-refractivity contribution is 6.33. The Labute approximate surface area is 145 Å². The molecule has 0 saturated carbocycles. The van der Waals surface area contributed by atoms with Crippen LogP contribution in [0.15, 0.2) is 42.7 Å². The number of aryl methyl sites for hydroxylation is 1. The SMILES string of the molecule is O=C(NCCCn1cccn1)[C@@H]1CC(=O)N(c2ccccc2Cl)C1. The summed E-state index contributed by atoms with van der Waals surface area (Å²) in [6.45, 7) is 1.69. The van der Waals surface area contributed by atoms with Gasteiger partial charge in [-0.2, -0.15) is 5.10 Å². The Kier molecular flexibility index (Phi) is 5.15. The average molecular weight is 347 g/mol. The van der Waals surface area contributed by atoms with Gasteiger partial charge in [0.05, 0.1) is 16.6 Å². The first kappa shape index (κ1) is 16.5. The smallest absolute Gasteiger partial charge is 0.227 e. The molecule has 1 saturated heterocycles. The van der Waals surface area contributed by atoms with E-state index < -0.39 is 0 Å². The maximum absolute atomic E-state index is 12.3. The fourth-order valence-electron chi connectivity index (χ4n) is 2.82. The van der Waals surface area contributed by atoms with E-state index in [1.165, 1.54) is 0 Å². The Hall–Kier alpha value is -2.34. The zero-order valence-corrected chi connectivity index (χ0v) is 13.9. The molecule has 0 radical (unpaired) electrons. The van der Waals surface area contributed by atoms with Gasteiger partial charge in [-0.15, -0.1) is 0 Å². The predicted octanol–water partition coefficient (Wildman–Crippen LogP) is 2.10. The highest BCUT2D eigenvalue weighted by atomic mass is 35.5. The van der Waals surface area contributed by atoms with Crippen molar-refractivity contribution < 1.29 is 9.59 Å². The molecule has 1 aromatic carbocycles. The minimum Gasteiger partial charge on any atom is -0.356 e. The minimum atomic E-state index is -0.335. The first-order valence-corrected chi connectivity index (χ1v) is 8.33. The predicted molar refractivity (Wildman–Crippen MR) is 91.8 cm³/mol. The molecule has 1 aromatic heterocycles. The van der Waals surface area contributed by atoms with Crippen LogP contribution in [-0.4, -0.2) is 34.7 Å². The molecule has 2 amide bonds. The number of hydrogen-bond donors (Lipinski definition) is 1. The van der Waals surface area contributed by atoms with Crippen molar-refractivity contribution in [2.45, 2.75) is 19.4 Å². The van der Waals surface area contributed by atoms with Crippen molar-refractivity contribution in [3.63, 3.8) is 0 Å². The second-order valence-corrected chi connectivity index (χ2v) is 6.18. The van der Waals surface area contributed by atoms with Crippen molar-refractivity contribution in [3.8, 4) is 0 Å². The van der Waals surface area contributed by atoms with E-state index in [9.17, 15) is 9.59 Å². The van der Waals surface area contributed by atoms with Crippen LogP contribution in [0.4, 0.5) is 5.69 Å². The highest BCUT2D eigenvalue weighted by Gasteiger charge is 2.35. The summed E-state index contributed by atoms with van der Waals surface area (Å²) >= 11 is 6.15. The van der Waals surface area contributed by atoms with Gasteiger partial charge in [0.15, 0.2) is 0 Å². The molecule has 2 aromatic rings. The lowest BCUT2D eigenvalue weighted by Crippen LogP contribution is -2.33. The van der Waals surface area contributed by atoms with Crippen LogP contribution in [0.5, 0.6) is 0 Å². The van der Waals surface area contributed by atoms with Crippen LogP contribution < -0.4 is 10.2 Å². The van der Waals surface area contributed by atoms with Crippen LogP contribution in [0.2, 0.25) is 5.02 Å².